The summed E-state index contributed by atoms with van der Waals surface area (Å²) in [7, 11) is 3.77. The fourth-order valence-electron chi connectivity index (χ4n) is 2.12. The number of hydrogen-bond donors (Lipinski definition) is 1. The summed E-state index contributed by atoms with van der Waals surface area (Å²) >= 11 is 0. The Kier molecular flexibility index (Phi) is 3.97. The Labute approximate surface area is 103 Å². The fraction of sp³-hybridized carbons (Fsp3) is 0.615. The predicted molar refractivity (Wildman–Crippen MR) is 67.9 cm³/mol. The molecule has 1 aliphatic carbocycles. The second-order valence-corrected chi connectivity index (χ2v) is 4.77. The second kappa shape index (κ2) is 5.47. The van der Waals surface area contributed by atoms with E-state index in [1.54, 1.807) is 7.11 Å². The van der Waals surface area contributed by atoms with E-state index >= 15 is 0 Å². The Morgan fingerprint density at radius 3 is 2.76 bits per heavy atom. The summed E-state index contributed by atoms with van der Waals surface area (Å²) in [5.74, 6) is 1.52. The molecule has 4 nitrogen and oxygen atoms in total. The quantitative estimate of drug-likeness (QED) is 0.810. The molecule has 0 amide bonds. The van der Waals surface area contributed by atoms with Gasteiger partial charge in [0.25, 0.3) is 0 Å². The van der Waals surface area contributed by atoms with Crippen molar-refractivity contribution in [3.8, 4) is 5.88 Å². The summed E-state index contributed by atoms with van der Waals surface area (Å²) in [5.41, 5.74) is 7.04. The SMILES string of the molecule is COc1ccc(C(CN)N(C)CC2CC2)cn1. The van der Waals surface area contributed by atoms with Crippen LogP contribution in [0.3, 0.4) is 0 Å². The van der Waals surface area contributed by atoms with E-state index in [4.69, 9.17) is 10.5 Å². The van der Waals surface area contributed by atoms with E-state index in [2.05, 4.69) is 16.9 Å². The summed E-state index contributed by atoms with van der Waals surface area (Å²) in [5, 5.41) is 0. The van der Waals surface area contributed by atoms with Gasteiger partial charge in [0.2, 0.25) is 5.88 Å². The van der Waals surface area contributed by atoms with E-state index < -0.39 is 0 Å². The lowest BCUT2D eigenvalue weighted by Gasteiger charge is -2.27. The number of nitrogens with two attached hydrogens (primary N) is 1. The minimum absolute atomic E-state index is 0.258. The van der Waals surface area contributed by atoms with Crippen LogP contribution in [0.2, 0.25) is 0 Å². The van der Waals surface area contributed by atoms with Crippen molar-refractivity contribution in [2.75, 3.05) is 27.2 Å². The summed E-state index contributed by atoms with van der Waals surface area (Å²) in [6, 6.07) is 4.20. The molecular weight excluding hydrogens is 214 g/mol. The molecule has 0 spiro atoms. The highest BCUT2D eigenvalue weighted by Crippen LogP contribution is 2.31. The van der Waals surface area contributed by atoms with Gasteiger partial charge in [0.05, 0.1) is 7.11 Å². The number of nitrogens with zero attached hydrogens (tertiary/aromatic N) is 2. The zero-order chi connectivity index (χ0) is 12.3. The summed E-state index contributed by atoms with van der Waals surface area (Å²) in [4.78, 5) is 6.57. The minimum atomic E-state index is 0.258. The van der Waals surface area contributed by atoms with Gasteiger partial charge in [0.1, 0.15) is 0 Å². The van der Waals surface area contributed by atoms with E-state index in [1.165, 1.54) is 12.8 Å². The molecular formula is C13H21N3O. The second-order valence-electron chi connectivity index (χ2n) is 4.77. The molecule has 1 unspecified atom stereocenters. The van der Waals surface area contributed by atoms with Crippen LogP contribution in [0.5, 0.6) is 5.88 Å². The van der Waals surface area contributed by atoms with Gasteiger partial charge in [-0.25, -0.2) is 4.98 Å². The summed E-state index contributed by atoms with van der Waals surface area (Å²) < 4.78 is 5.06. The van der Waals surface area contributed by atoms with Crippen LogP contribution in [-0.4, -0.2) is 37.1 Å². The van der Waals surface area contributed by atoms with Crippen molar-refractivity contribution >= 4 is 0 Å². The van der Waals surface area contributed by atoms with Gasteiger partial charge in [-0.3, -0.25) is 4.90 Å². The molecule has 1 aromatic rings. The number of likely N-dealkylation sites (N-methyl/N-ethyl adjacent to an activating group) is 1. The molecule has 1 aliphatic rings. The molecule has 0 radical (unpaired) electrons. The third kappa shape index (κ3) is 3.17. The van der Waals surface area contributed by atoms with Gasteiger partial charge in [0, 0.05) is 31.4 Å². The third-order valence-electron chi connectivity index (χ3n) is 3.35. The number of pyridine rings is 1. The lowest BCUT2D eigenvalue weighted by molar-refractivity contribution is 0.239. The Hall–Kier alpha value is -1.13. The molecule has 4 heteroatoms. The average molecular weight is 235 g/mol. The minimum Gasteiger partial charge on any atom is -0.481 e. The van der Waals surface area contributed by atoms with Crippen LogP contribution in [0.4, 0.5) is 0 Å². The Morgan fingerprint density at radius 1 is 1.53 bits per heavy atom. The highest BCUT2D eigenvalue weighted by atomic mass is 16.5. The Balaban J connectivity index is 2.04. The standard InChI is InChI=1S/C13H21N3O/c1-16(9-10-3-4-10)12(7-14)11-5-6-13(17-2)15-8-11/h5-6,8,10,12H,3-4,7,9,14H2,1-2H3. The van der Waals surface area contributed by atoms with Gasteiger partial charge in [0.15, 0.2) is 0 Å². The molecule has 2 rings (SSSR count). The van der Waals surface area contributed by atoms with Crippen molar-refractivity contribution < 1.29 is 4.74 Å². The molecule has 0 saturated heterocycles. The maximum absolute atomic E-state index is 5.87. The van der Waals surface area contributed by atoms with Crippen LogP contribution in [-0.2, 0) is 0 Å². The van der Waals surface area contributed by atoms with E-state index in [0.29, 0.717) is 12.4 Å². The van der Waals surface area contributed by atoms with Gasteiger partial charge in [-0.1, -0.05) is 6.07 Å². The molecule has 1 saturated carbocycles. The van der Waals surface area contributed by atoms with Crippen molar-refractivity contribution in [1.29, 1.82) is 0 Å². The van der Waals surface area contributed by atoms with Gasteiger partial charge < -0.3 is 10.5 Å². The van der Waals surface area contributed by atoms with Crippen molar-refractivity contribution in [1.82, 2.24) is 9.88 Å². The molecule has 94 valence electrons. The zero-order valence-electron chi connectivity index (χ0n) is 10.6. The topological polar surface area (TPSA) is 51.4 Å². The lowest BCUT2D eigenvalue weighted by Crippen LogP contribution is -2.32. The molecule has 0 aliphatic heterocycles. The molecule has 0 aromatic carbocycles. The third-order valence-corrected chi connectivity index (χ3v) is 3.35. The van der Waals surface area contributed by atoms with Crippen molar-refractivity contribution in [3.63, 3.8) is 0 Å². The normalized spacial score (nSPS) is 17.2. The molecule has 17 heavy (non-hydrogen) atoms. The van der Waals surface area contributed by atoms with Crippen LogP contribution in [0.15, 0.2) is 18.3 Å². The number of methoxy groups -OCH3 is 1. The average Bonchev–Trinajstić information content (AvgIpc) is 3.15. The number of hydrogen-bond acceptors (Lipinski definition) is 4. The van der Waals surface area contributed by atoms with Crippen LogP contribution < -0.4 is 10.5 Å². The van der Waals surface area contributed by atoms with E-state index in [1.807, 2.05) is 18.3 Å². The van der Waals surface area contributed by atoms with Crippen LogP contribution >= 0.6 is 0 Å². The van der Waals surface area contributed by atoms with Crippen LogP contribution in [0.1, 0.15) is 24.4 Å². The molecule has 2 N–H and O–H groups in total. The van der Waals surface area contributed by atoms with E-state index in [0.717, 1.165) is 18.0 Å². The molecule has 0 bridgehead atoms. The van der Waals surface area contributed by atoms with Gasteiger partial charge in [-0.05, 0) is 31.4 Å². The largest absolute Gasteiger partial charge is 0.481 e. The van der Waals surface area contributed by atoms with Crippen LogP contribution in [0.25, 0.3) is 0 Å². The highest BCUT2D eigenvalue weighted by molar-refractivity contribution is 5.21. The van der Waals surface area contributed by atoms with Gasteiger partial charge in [-0.15, -0.1) is 0 Å². The Morgan fingerprint density at radius 2 is 2.29 bits per heavy atom. The molecule has 1 atom stereocenters. The first-order valence-corrected chi connectivity index (χ1v) is 6.15. The fourth-order valence-corrected chi connectivity index (χ4v) is 2.12. The molecule has 1 fully saturated rings. The highest BCUT2D eigenvalue weighted by Gasteiger charge is 2.26. The van der Waals surface area contributed by atoms with Crippen molar-refractivity contribution in [2.24, 2.45) is 11.7 Å². The first kappa shape index (κ1) is 12.3. The number of rotatable bonds is 6. The molecule has 1 heterocycles. The monoisotopic (exact) mass is 235 g/mol. The maximum Gasteiger partial charge on any atom is 0.212 e. The zero-order valence-corrected chi connectivity index (χ0v) is 10.6. The summed E-state index contributed by atoms with van der Waals surface area (Å²) in [6.45, 7) is 1.76. The van der Waals surface area contributed by atoms with Gasteiger partial charge in [-0.2, -0.15) is 0 Å². The first-order chi connectivity index (χ1) is 8.24. The summed E-state index contributed by atoms with van der Waals surface area (Å²) in [6.07, 6.45) is 4.59. The number of aromatic nitrogens is 1. The maximum atomic E-state index is 5.87. The van der Waals surface area contributed by atoms with Crippen LogP contribution in [0, 0.1) is 5.92 Å². The first-order valence-electron chi connectivity index (χ1n) is 6.15. The van der Waals surface area contributed by atoms with E-state index in [9.17, 15) is 0 Å². The van der Waals surface area contributed by atoms with E-state index in [-0.39, 0.29) is 6.04 Å². The predicted octanol–water partition coefficient (Wildman–Crippen LogP) is 1.43. The smallest absolute Gasteiger partial charge is 0.212 e. The molecule has 1 aromatic heterocycles. The Bertz CT molecular complexity index is 348. The van der Waals surface area contributed by atoms with Crippen molar-refractivity contribution in [3.05, 3.63) is 23.9 Å². The van der Waals surface area contributed by atoms with Gasteiger partial charge >= 0.3 is 0 Å². The number of ether oxygens (including phenoxy) is 1. The lowest BCUT2D eigenvalue weighted by atomic mass is 10.1. The van der Waals surface area contributed by atoms with Crippen molar-refractivity contribution in [2.45, 2.75) is 18.9 Å².